The molecule has 0 saturated carbocycles. The second kappa shape index (κ2) is 9.83. The van der Waals surface area contributed by atoms with Gasteiger partial charge < -0.3 is 19.9 Å². The Balaban J connectivity index is 1.92. The Morgan fingerprint density at radius 1 is 1.28 bits per heavy atom. The van der Waals surface area contributed by atoms with Gasteiger partial charge in [-0.1, -0.05) is 26.8 Å². The molecule has 0 saturated heterocycles. The number of nitrogens with zero attached hydrogens (tertiary/aromatic N) is 2. The van der Waals surface area contributed by atoms with Gasteiger partial charge in [0.15, 0.2) is 0 Å². The van der Waals surface area contributed by atoms with Gasteiger partial charge in [0, 0.05) is 54.7 Å². The van der Waals surface area contributed by atoms with Crippen molar-refractivity contribution in [2.75, 3.05) is 31.0 Å². The standard InChI is InChI=1S/C24H32N4O3S/c1-15-25-20(14-32-15)23(30)27-22-18(8-7-11-31-6)17-10-9-16(12-19(17)26-22)28(5)21(29)13-24(2,3)4/h9-10,12,14,26H,7-8,11,13H2,1-6H3,(H,27,30). The predicted octanol–water partition coefficient (Wildman–Crippen LogP) is 5.16. The maximum atomic E-state index is 12.7. The van der Waals surface area contributed by atoms with Crippen LogP contribution in [0.1, 0.15) is 54.7 Å². The third kappa shape index (κ3) is 5.75. The van der Waals surface area contributed by atoms with Crippen LogP contribution in [-0.2, 0) is 16.0 Å². The number of ether oxygens (including phenoxy) is 1. The lowest BCUT2D eigenvalue weighted by atomic mass is 9.91. The van der Waals surface area contributed by atoms with Crippen molar-refractivity contribution < 1.29 is 14.3 Å². The maximum absolute atomic E-state index is 12.7. The first-order chi connectivity index (χ1) is 15.1. The van der Waals surface area contributed by atoms with E-state index in [0.717, 1.165) is 40.0 Å². The molecule has 0 aliphatic carbocycles. The minimum absolute atomic E-state index is 0.0659. The summed E-state index contributed by atoms with van der Waals surface area (Å²) in [6.45, 7) is 8.67. The van der Waals surface area contributed by atoms with Crippen molar-refractivity contribution in [1.29, 1.82) is 0 Å². The Bertz CT molecular complexity index is 1110. The van der Waals surface area contributed by atoms with Gasteiger partial charge in [0.25, 0.3) is 5.91 Å². The molecule has 0 aliphatic rings. The number of aryl methyl sites for hydroxylation is 2. The van der Waals surface area contributed by atoms with Crippen LogP contribution in [0.2, 0.25) is 0 Å². The van der Waals surface area contributed by atoms with Crippen LogP contribution < -0.4 is 10.2 Å². The number of anilines is 2. The fraction of sp³-hybridized carbons (Fsp3) is 0.458. The van der Waals surface area contributed by atoms with Gasteiger partial charge in [-0.15, -0.1) is 11.3 Å². The topological polar surface area (TPSA) is 87.3 Å². The van der Waals surface area contributed by atoms with Gasteiger partial charge in [0.2, 0.25) is 5.91 Å². The number of benzene rings is 1. The molecule has 8 heteroatoms. The van der Waals surface area contributed by atoms with Gasteiger partial charge in [-0.3, -0.25) is 9.59 Å². The number of carbonyl (C=O) groups is 2. The molecule has 172 valence electrons. The molecule has 2 heterocycles. The molecule has 7 nitrogen and oxygen atoms in total. The lowest BCUT2D eigenvalue weighted by Gasteiger charge is -2.23. The number of fused-ring (bicyclic) bond motifs is 1. The predicted molar refractivity (Wildman–Crippen MR) is 131 cm³/mol. The highest BCUT2D eigenvalue weighted by molar-refractivity contribution is 7.09. The Kier molecular flexibility index (Phi) is 7.36. The van der Waals surface area contributed by atoms with Crippen molar-refractivity contribution in [1.82, 2.24) is 9.97 Å². The number of H-pyrrole nitrogens is 1. The number of thiazole rings is 1. The molecule has 0 unspecified atom stereocenters. The van der Waals surface area contributed by atoms with Crippen LogP contribution in [0.25, 0.3) is 10.9 Å². The van der Waals surface area contributed by atoms with E-state index < -0.39 is 0 Å². The van der Waals surface area contributed by atoms with E-state index in [1.165, 1.54) is 11.3 Å². The Hall–Kier alpha value is -2.71. The highest BCUT2D eigenvalue weighted by Crippen LogP contribution is 2.32. The van der Waals surface area contributed by atoms with Crippen LogP contribution in [0.3, 0.4) is 0 Å². The largest absolute Gasteiger partial charge is 0.385 e. The van der Waals surface area contributed by atoms with Crippen molar-refractivity contribution >= 4 is 45.6 Å². The number of nitrogens with one attached hydrogen (secondary N) is 2. The molecule has 0 atom stereocenters. The van der Waals surface area contributed by atoms with Crippen molar-refractivity contribution in [2.45, 2.75) is 47.0 Å². The monoisotopic (exact) mass is 456 g/mol. The highest BCUT2D eigenvalue weighted by atomic mass is 32.1. The summed E-state index contributed by atoms with van der Waals surface area (Å²) in [6.07, 6.45) is 2.04. The quantitative estimate of drug-likeness (QED) is 0.458. The van der Waals surface area contributed by atoms with Gasteiger partial charge in [0.05, 0.1) is 5.01 Å². The number of hydrogen-bond donors (Lipinski definition) is 2. The van der Waals surface area contributed by atoms with Crippen LogP contribution in [0.15, 0.2) is 23.6 Å². The molecule has 32 heavy (non-hydrogen) atoms. The molecule has 0 aliphatic heterocycles. The van der Waals surface area contributed by atoms with E-state index in [1.807, 2.05) is 25.1 Å². The SMILES string of the molecule is COCCCc1c(NC(=O)c2csc(C)n2)[nH]c2cc(N(C)C(=O)CC(C)(C)C)ccc12. The van der Waals surface area contributed by atoms with E-state index in [1.54, 1.807) is 24.4 Å². The molecule has 3 rings (SSSR count). The first-order valence-corrected chi connectivity index (χ1v) is 11.6. The molecule has 0 radical (unpaired) electrons. The highest BCUT2D eigenvalue weighted by Gasteiger charge is 2.21. The lowest BCUT2D eigenvalue weighted by molar-refractivity contribution is -0.120. The van der Waals surface area contributed by atoms with Crippen LogP contribution in [0, 0.1) is 12.3 Å². The summed E-state index contributed by atoms with van der Waals surface area (Å²) >= 11 is 1.44. The Morgan fingerprint density at radius 3 is 2.66 bits per heavy atom. The second-order valence-corrected chi connectivity index (χ2v) is 10.3. The molecule has 2 amide bonds. The summed E-state index contributed by atoms with van der Waals surface area (Å²) in [6, 6.07) is 5.91. The van der Waals surface area contributed by atoms with Crippen LogP contribution in [0.4, 0.5) is 11.5 Å². The molecule has 1 aromatic carbocycles. The van der Waals surface area contributed by atoms with Gasteiger partial charge in [-0.25, -0.2) is 4.98 Å². The zero-order chi connectivity index (χ0) is 23.5. The molecular weight excluding hydrogens is 424 g/mol. The summed E-state index contributed by atoms with van der Waals surface area (Å²) in [4.78, 5) is 34.7. The van der Waals surface area contributed by atoms with Crippen LogP contribution >= 0.6 is 11.3 Å². The molecular formula is C24H32N4O3S. The van der Waals surface area contributed by atoms with Crippen molar-refractivity contribution in [3.8, 4) is 0 Å². The summed E-state index contributed by atoms with van der Waals surface area (Å²) in [5, 5.41) is 6.61. The summed E-state index contributed by atoms with van der Waals surface area (Å²) in [7, 11) is 3.48. The molecule has 2 N–H and O–H groups in total. The number of methoxy groups -OCH3 is 1. The zero-order valence-electron chi connectivity index (χ0n) is 19.7. The van der Waals surface area contributed by atoms with E-state index in [-0.39, 0.29) is 17.2 Å². The zero-order valence-corrected chi connectivity index (χ0v) is 20.5. The van der Waals surface area contributed by atoms with E-state index in [0.29, 0.717) is 24.5 Å². The molecule has 0 bridgehead atoms. The third-order valence-electron chi connectivity index (χ3n) is 5.20. The minimum atomic E-state index is -0.244. The molecule has 3 aromatic rings. The summed E-state index contributed by atoms with van der Waals surface area (Å²) in [5.41, 5.74) is 3.02. The normalized spacial score (nSPS) is 11.7. The Labute approximate surface area is 193 Å². The van der Waals surface area contributed by atoms with Gasteiger partial charge in [-0.05, 0) is 37.3 Å². The Morgan fingerprint density at radius 2 is 2.03 bits per heavy atom. The molecule has 0 spiro atoms. The van der Waals surface area contributed by atoms with E-state index in [2.05, 4.69) is 36.1 Å². The number of aromatic nitrogens is 2. The van der Waals surface area contributed by atoms with Crippen molar-refractivity contribution in [2.24, 2.45) is 5.41 Å². The average molecular weight is 457 g/mol. The van der Waals surface area contributed by atoms with Crippen LogP contribution in [-0.4, -0.2) is 42.5 Å². The number of carbonyl (C=O) groups excluding carboxylic acids is 2. The van der Waals surface area contributed by atoms with E-state index in [9.17, 15) is 9.59 Å². The van der Waals surface area contributed by atoms with Crippen LogP contribution in [0.5, 0.6) is 0 Å². The second-order valence-electron chi connectivity index (χ2n) is 9.20. The van der Waals surface area contributed by atoms with Crippen molar-refractivity contribution in [3.05, 3.63) is 39.8 Å². The molecule has 0 fully saturated rings. The number of hydrogen-bond acceptors (Lipinski definition) is 5. The molecule has 2 aromatic heterocycles. The fourth-order valence-electron chi connectivity index (χ4n) is 3.57. The summed E-state index contributed by atoms with van der Waals surface area (Å²) < 4.78 is 5.21. The summed E-state index contributed by atoms with van der Waals surface area (Å²) in [5.74, 6) is 0.482. The third-order valence-corrected chi connectivity index (χ3v) is 5.97. The fourth-order valence-corrected chi connectivity index (χ4v) is 4.17. The number of rotatable bonds is 8. The van der Waals surface area contributed by atoms with Crippen molar-refractivity contribution in [3.63, 3.8) is 0 Å². The number of amides is 2. The average Bonchev–Trinajstić information content (AvgIpc) is 3.29. The first-order valence-electron chi connectivity index (χ1n) is 10.7. The lowest BCUT2D eigenvalue weighted by Crippen LogP contribution is -2.29. The van der Waals surface area contributed by atoms with Gasteiger partial charge in [-0.2, -0.15) is 0 Å². The number of aromatic amines is 1. The minimum Gasteiger partial charge on any atom is -0.385 e. The smallest absolute Gasteiger partial charge is 0.276 e. The van der Waals surface area contributed by atoms with E-state index >= 15 is 0 Å². The van der Waals surface area contributed by atoms with Gasteiger partial charge >= 0.3 is 0 Å². The van der Waals surface area contributed by atoms with E-state index in [4.69, 9.17) is 4.74 Å². The van der Waals surface area contributed by atoms with Gasteiger partial charge in [0.1, 0.15) is 11.5 Å². The first kappa shape index (κ1) is 23.9. The maximum Gasteiger partial charge on any atom is 0.276 e.